The van der Waals surface area contributed by atoms with Crippen LogP contribution in [0.25, 0.3) is 0 Å². The van der Waals surface area contributed by atoms with Gasteiger partial charge in [-0.25, -0.2) is 4.98 Å². The number of nitrogens with one attached hydrogen (secondary N) is 1. The predicted molar refractivity (Wildman–Crippen MR) is 89.1 cm³/mol. The molecule has 20 heavy (non-hydrogen) atoms. The van der Waals surface area contributed by atoms with Crippen molar-refractivity contribution in [3.05, 3.63) is 57.8 Å². The Labute approximate surface area is 129 Å². The lowest BCUT2D eigenvalue weighted by atomic mass is 10.0. The topological polar surface area (TPSA) is 24.9 Å². The maximum absolute atomic E-state index is 4.34. The van der Waals surface area contributed by atoms with Gasteiger partial charge in [-0.15, -0.1) is 0 Å². The molecule has 0 saturated heterocycles. The Hall–Kier alpha value is -1.35. The maximum atomic E-state index is 4.34. The summed E-state index contributed by atoms with van der Waals surface area (Å²) in [6.07, 6.45) is 4.00. The molecular formula is C17H21BrN2. The molecule has 1 aromatic heterocycles. The Morgan fingerprint density at radius 3 is 2.45 bits per heavy atom. The fourth-order valence-corrected chi connectivity index (χ4v) is 2.46. The van der Waals surface area contributed by atoms with E-state index in [0.29, 0.717) is 6.04 Å². The molecule has 2 rings (SSSR count). The fourth-order valence-electron chi connectivity index (χ4n) is 2.24. The number of aryl methyl sites for hydroxylation is 2. The molecule has 0 radical (unpaired) electrons. The van der Waals surface area contributed by atoms with Crippen LogP contribution in [0.15, 0.2) is 41.1 Å². The summed E-state index contributed by atoms with van der Waals surface area (Å²) in [7, 11) is 0. The molecule has 0 amide bonds. The molecule has 0 bridgehead atoms. The van der Waals surface area contributed by atoms with Gasteiger partial charge in [0.05, 0.1) is 17.9 Å². The average Bonchev–Trinajstić information content (AvgIpc) is 2.48. The van der Waals surface area contributed by atoms with Gasteiger partial charge in [0, 0.05) is 0 Å². The first kappa shape index (κ1) is 15.0. The summed E-state index contributed by atoms with van der Waals surface area (Å²) in [5.74, 6) is 0. The van der Waals surface area contributed by atoms with Gasteiger partial charge >= 0.3 is 0 Å². The molecule has 0 aliphatic carbocycles. The molecule has 1 aromatic carbocycles. The Balaban J connectivity index is 2.16. The molecule has 1 atom stereocenters. The highest BCUT2D eigenvalue weighted by Gasteiger charge is 2.10. The number of rotatable bonds is 5. The second-order valence-corrected chi connectivity index (χ2v) is 5.78. The quantitative estimate of drug-likeness (QED) is 0.753. The minimum Gasteiger partial charge on any atom is -0.377 e. The number of hydrogen-bond donors (Lipinski definition) is 1. The van der Waals surface area contributed by atoms with Crippen molar-refractivity contribution < 1.29 is 0 Å². The van der Waals surface area contributed by atoms with Gasteiger partial charge in [0.25, 0.3) is 0 Å². The van der Waals surface area contributed by atoms with E-state index >= 15 is 0 Å². The largest absolute Gasteiger partial charge is 0.377 e. The van der Waals surface area contributed by atoms with Gasteiger partial charge in [-0.2, -0.15) is 0 Å². The molecule has 0 spiro atoms. The molecule has 2 aromatic rings. The van der Waals surface area contributed by atoms with Crippen molar-refractivity contribution in [3.63, 3.8) is 0 Å². The van der Waals surface area contributed by atoms with Crippen molar-refractivity contribution in [2.45, 2.75) is 39.7 Å². The highest BCUT2D eigenvalue weighted by Crippen LogP contribution is 2.24. The molecule has 1 heterocycles. The summed E-state index contributed by atoms with van der Waals surface area (Å²) in [6.45, 7) is 6.44. The van der Waals surface area contributed by atoms with E-state index in [-0.39, 0.29) is 0 Å². The Morgan fingerprint density at radius 1 is 1.20 bits per heavy atom. The van der Waals surface area contributed by atoms with Crippen LogP contribution in [0.2, 0.25) is 0 Å². The molecule has 3 heteroatoms. The van der Waals surface area contributed by atoms with Crippen LogP contribution in [0.4, 0.5) is 5.69 Å². The highest BCUT2D eigenvalue weighted by molar-refractivity contribution is 9.10. The lowest BCUT2D eigenvalue weighted by molar-refractivity contribution is 0.748. The third-order valence-electron chi connectivity index (χ3n) is 3.55. The Morgan fingerprint density at radius 2 is 1.90 bits per heavy atom. The molecule has 106 valence electrons. The molecular weight excluding hydrogens is 312 g/mol. The van der Waals surface area contributed by atoms with E-state index in [1.165, 1.54) is 11.1 Å². The summed E-state index contributed by atoms with van der Waals surface area (Å²) in [5.41, 5.74) is 4.92. The first-order valence-corrected chi connectivity index (χ1v) is 7.90. The van der Waals surface area contributed by atoms with Gasteiger partial charge in [0.15, 0.2) is 0 Å². The van der Waals surface area contributed by atoms with E-state index in [2.05, 4.69) is 77.3 Å². The average molecular weight is 333 g/mol. The number of pyridine rings is 1. The number of halogens is 1. The highest BCUT2D eigenvalue weighted by atomic mass is 79.9. The van der Waals surface area contributed by atoms with Crippen molar-refractivity contribution in [1.82, 2.24) is 4.98 Å². The monoisotopic (exact) mass is 332 g/mol. The SMILES string of the molecule is CCc1ccc(C(CC)Nc2cnc(Br)c(C)c2)cc1. The number of anilines is 1. The van der Waals surface area contributed by atoms with Gasteiger partial charge < -0.3 is 5.32 Å². The van der Waals surface area contributed by atoms with Crippen LogP contribution in [-0.4, -0.2) is 4.98 Å². The predicted octanol–water partition coefficient (Wildman–Crippen LogP) is 5.28. The van der Waals surface area contributed by atoms with Crippen LogP contribution in [-0.2, 0) is 6.42 Å². The molecule has 0 fully saturated rings. The zero-order valence-corrected chi connectivity index (χ0v) is 13.9. The molecule has 2 nitrogen and oxygen atoms in total. The molecule has 0 aliphatic rings. The van der Waals surface area contributed by atoms with E-state index in [0.717, 1.165) is 28.7 Å². The Kier molecular flexibility index (Phi) is 5.18. The summed E-state index contributed by atoms with van der Waals surface area (Å²) < 4.78 is 0.906. The number of hydrogen-bond acceptors (Lipinski definition) is 2. The van der Waals surface area contributed by atoms with E-state index in [9.17, 15) is 0 Å². The smallest absolute Gasteiger partial charge is 0.109 e. The third kappa shape index (κ3) is 3.60. The fraction of sp³-hybridized carbons (Fsp3) is 0.353. The minimum absolute atomic E-state index is 0.322. The van der Waals surface area contributed by atoms with Gasteiger partial charge in [-0.1, -0.05) is 38.1 Å². The minimum atomic E-state index is 0.322. The van der Waals surface area contributed by atoms with Crippen molar-refractivity contribution in [1.29, 1.82) is 0 Å². The van der Waals surface area contributed by atoms with Crippen molar-refractivity contribution >= 4 is 21.6 Å². The first-order chi connectivity index (χ1) is 9.63. The normalized spacial score (nSPS) is 12.2. The third-order valence-corrected chi connectivity index (χ3v) is 4.38. The second-order valence-electron chi connectivity index (χ2n) is 5.03. The molecule has 0 aliphatic heterocycles. The van der Waals surface area contributed by atoms with Gasteiger partial charge in [-0.05, 0) is 58.5 Å². The van der Waals surface area contributed by atoms with Crippen molar-refractivity contribution in [3.8, 4) is 0 Å². The van der Waals surface area contributed by atoms with Crippen LogP contribution in [0.5, 0.6) is 0 Å². The molecule has 0 saturated carbocycles. The number of benzene rings is 1. The zero-order chi connectivity index (χ0) is 14.5. The Bertz CT molecular complexity index is 564. The zero-order valence-electron chi connectivity index (χ0n) is 12.3. The van der Waals surface area contributed by atoms with E-state index < -0.39 is 0 Å². The van der Waals surface area contributed by atoms with Gasteiger partial charge in [-0.3, -0.25) is 0 Å². The first-order valence-electron chi connectivity index (χ1n) is 7.11. The second kappa shape index (κ2) is 6.89. The van der Waals surface area contributed by atoms with Crippen molar-refractivity contribution in [2.24, 2.45) is 0 Å². The lowest BCUT2D eigenvalue weighted by Crippen LogP contribution is -2.10. The van der Waals surface area contributed by atoms with Gasteiger partial charge in [0.1, 0.15) is 4.60 Å². The van der Waals surface area contributed by atoms with Crippen LogP contribution in [0, 0.1) is 6.92 Å². The standard InChI is InChI=1S/C17H21BrN2/c1-4-13-6-8-14(9-7-13)16(5-2)20-15-10-12(3)17(18)19-11-15/h6-11,16,20H,4-5H2,1-3H3. The van der Waals surface area contributed by atoms with E-state index in [1.54, 1.807) is 0 Å². The lowest BCUT2D eigenvalue weighted by Gasteiger charge is -2.19. The molecule has 1 unspecified atom stereocenters. The van der Waals surface area contributed by atoms with Crippen LogP contribution in [0.1, 0.15) is 43.0 Å². The summed E-state index contributed by atoms with van der Waals surface area (Å²) in [5, 5.41) is 3.57. The van der Waals surface area contributed by atoms with Crippen molar-refractivity contribution in [2.75, 3.05) is 5.32 Å². The number of aromatic nitrogens is 1. The van der Waals surface area contributed by atoms with Crippen LogP contribution < -0.4 is 5.32 Å². The summed E-state index contributed by atoms with van der Waals surface area (Å²) in [6, 6.07) is 11.3. The van der Waals surface area contributed by atoms with E-state index in [4.69, 9.17) is 0 Å². The van der Waals surface area contributed by atoms with Crippen LogP contribution >= 0.6 is 15.9 Å². The van der Waals surface area contributed by atoms with Crippen LogP contribution in [0.3, 0.4) is 0 Å². The van der Waals surface area contributed by atoms with Gasteiger partial charge in [0.2, 0.25) is 0 Å². The summed E-state index contributed by atoms with van der Waals surface area (Å²) >= 11 is 3.43. The molecule has 1 N–H and O–H groups in total. The maximum Gasteiger partial charge on any atom is 0.109 e. The summed E-state index contributed by atoms with van der Waals surface area (Å²) in [4.78, 5) is 4.34. The van der Waals surface area contributed by atoms with E-state index in [1.807, 2.05) is 6.20 Å². The number of nitrogens with zero attached hydrogens (tertiary/aromatic N) is 1.